The van der Waals surface area contributed by atoms with Crippen LogP contribution in [0, 0.1) is 11.3 Å². The quantitative estimate of drug-likeness (QED) is 0.436. The molecule has 1 N–H and O–H groups in total. The summed E-state index contributed by atoms with van der Waals surface area (Å²) in [7, 11) is 2.03. The van der Waals surface area contributed by atoms with Gasteiger partial charge in [0.2, 0.25) is 0 Å². The number of amides is 1. The van der Waals surface area contributed by atoms with Crippen LogP contribution < -0.4 is 10.2 Å². The number of nitriles is 1. The van der Waals surface area contributed by atoms with Crippen LogP contribution in [-0.4, -0.2) is 37.9 Å². The van der Waals surface area contributed by atoms with Gasteiger partial charge in [0.1, 0.15) is 11.7 Å². The molecule has 184 valence electrons. The van der Waals surface area contributed by atoms with Gasteiger partial charge in [0.15, 0.2) is 0 Å². The van der Waals surface area contributed by atoms with E-state index in [9.17, 15) is 10.1 Å². The predicted octanol–water partition coefficient (Wildman–Crippen LogP) is 5.62. The van der Waals surface area contributed by atoms with Crippen LogP contribution in [0.1, 0.15) is 63.3 Å². The van der Waals surface area contributed by atoms with E-state index in [1.165, 1.54) is 5.56 Å². The first-order valence-electron chi connectivity index (χ1n) is 12.0. The summed E-state index contributed by atoms with van der Waals surface area (Å²) >= 11 is 0. The van der Waals surface area contributed by atoms with Crippen molar-refractivity contribution in [3.05, 3.63) is 64.7 Å². The van der Waals surface area contributed by atoms with Gasteiger partial charge in [0.05, 0.1) is 17.9 Å². The van der Waals surface area contributed by atoms with Gasteiger partial charge in [-0.1, -0.05) is 43.3 Å². The highest BCUT2D eigenvalue weighted by atomic mass is 16.6. The number of carbonyl (C=O) groups excluding carboxylic acids is 1. The molecule has 6 heteroatoms. The number of anilines is 1. The number of ether oxygens (including phenoxy) is 2. The van der Waals surface area contributed by atoms with Crippen LogP contribution in [0.4, 0.5) is 10.5 Å². The fraction of sp³-hybridized carbons (Fsp3) is 0.500. The maximum absolute atomic E-state index is 12.1. The molecule has 2 aromatic rings. The van der Waals surface area contributed by atoms with Crippen LogP contribution in [0.2, 0.25) is 0 Å². The van der Waals surface area contributed by atoms with Gasteiger partial charge >= 0.3 is 6.09 Å². The Bertz CT molecular complexity index is 961. The highest BCUT2D eigenvalue weighted by Gasteiger charge is 2.19. The lowest BCUT2D eigenvalue weighted by molar-refractivity contribution is 0.0508. The first-order chi connectivity index (χ1) is 16.1. The molecule has 34 heavy (non-hydrogen) atoms. The molecule has 0 aliphatic rings. The number of aryl methyl sites for hydroxylation is 1. The lowest BCUT2D eigenvalue weighted by Crippen LogP contribution is -2.38. The van der Waals surface area contributed by atoms with E-state index in [1.807, 2.05) is 59.0 Å². The van der Waals surface area contributed by atoms with E-state index in [2.05, 4.69) is 41.4 Å². The molecule has 0 radical (unpaired) electrons. The van der Waals surface area contributed by atoms with Crippen molar-refractivity contribution in [2.24, 2.45) is 0 Å². The number of nitrogens with one attached hydrogen (secondary N) is 1. The highest BCUT2D eigenvalue weighted by Crippen LogP contribution is 2.28. The molecule has 0 fully saturated rings. The first-order valence-corrected chi connectivity index (χ1v) is 12.0. The SMILES string of the molecule is CCc1cc(CC(C)NC(=O)OC(C)(C)C)cc(C#N)c1N(C)CCCOCc1ccccc1. The average Bonchev–Trinajstić information content (AvgIpc) is 2.77. The van der Waals surface area contributed by atoms with Crippen molar-refractivity contribution in [1.82, 2.24) is 5.32 Å². The van der Waals surface area contributed by atoms with Crippen LogP contribution in [-0.2, 0) is 28.9 Å². The van der Waals surface area contributed by atoms with Gasteiger partial charge in [-0.2, -0.15) is 5.26 Å². The third-order valence-corrected chi connectivity index (χ3v) is 5.33. The Balaban J connectivity index is 1.97. The lowest BCUT2D eigenvalue weighted by atomic mass is 9.97. The van der Waals surface area contributed by atoms with Crippen molar-refractivity contribution in [3.8, 4) is 6.07 Å². The smallest absolute Gasteiger partial charge is 0.407 e. The molecule has 0 aliphatic carbocycles. The second kappa shape index (κ2) is 13.0. The topological polar surface area (TPSA) is 74.6 Å². The summed E-state index contributed by atoms with van der Waals surface area (Å²) < 4.78 is 11.2. The number of hydrogen-bond acceptors (Lipinski definition) is 5. The summed E-state index contributed by atoms with van der Waals surface area (Å²) in [5.41, 5.74) is 4.43. The Morgan fingerprint density at radius 2 is 1.88 bits per heavy atom. The Kier molecular flexibility index (Phi) is 10.4. The Morgan fingerprint density at radius 1 is 1.18 bits per heavy atom. The molecule has 0 spiro atoms. The van der Waals surface area contributed by atoms with E-state index in [0.29, 0.717) is 25.2 Å². The lowest BCUT2D eigenvalue weighted by Gasteiger charge is -2.25. The van der Waals surface area contributed by atoms with E-state index in [4.69, 9.17) is 9.47 Å². The molecule has 0 saturated carbocycles. The summed E-state index contributed by atoms with van der Waals surface area (Å²) in [6, 6.07) is 16.5. The molecule has 0 aliphatic heterocycles. The second-order valence-corrected chi connectivity index (χ2v) is 9.68. The summed E-state index contributed by atoms with van der Waals surface area (Å²) in [4.78, 5) is 14.2. The van der Waals surface area contributed by atoms with Crippen molar-refractivity contribution < 1.29 is 14.3 Å². The van der Waals surface area contributed by atoms with E-state index < -0.39 is 11.7 Å². The molecule has 0 aromatic heterocycles. The minimum absolute atomic E-state index is 0.114. The van der Waals surface area contributed by atoms with Gasteiger partial charge in [0.25, 0.3) is 0 Å². The van der Waals surface area contributed by atoms with Crippen molar-refractivity contribution in [2.45, 2.75) is 72.1 Å². The Hall–Kier alpha value is -3.04. The average molecular weight is 466 g/mol. The number of rotatable bonds is 11. The first kappa shape index (κ1) is 27.2. The molecule has 1 atom stereocenters. The van der Waals surface area contributed by atoms with Crippen LogP contribution in [0.5, 0.6) is 0 Å². The zero-order valence-corrected chi connectivity index (χ0v) is 21.5. The number of alkyl carbamates (subject to hydrolysis) is 1. The number of hydrogen-bond donors (Lipinski definition) is 1. The molecule has 2 rings (SSSR count). The van der Waals surface area contributed by atoms with Gasteiger partial charge in [-0.15, -0.1) is 0 Å². The van der Waals surface area contributed by atoms with Crippen LogP contribution in [0.15, 0.2) is 42.5 Å². The largest absolute Gasteiger partial charge is 0.444 e. The van der Waals surface area contributed by atoms with Crippen LogP contribution >= 0.6 is 0 Å². The van der Waals surface area contributed by atoms with Crippen molar-refractivity contribution in [3.63, 3.8) is 0 Å². The maximum Gasteiger partial charge on any atom is 0.407 e. The van der Waals surface area contributed by atoms with E-state index in [1.54, 1.807) is 0 Å². The van der Waals surface area contributed by atoms with Gasteiger partial charge in [-0.05, 0) is 69.7 Å². The third-order valence-electron chi connectivity index (χ3n) is 5.33. The van der Waals surface area contributed by atoms with Crippen LogP contribution in [0.3, 0.4) is 0 Å². The summed E-state index contributed by atoms with van der Waals surface area (Å²) in [6.07, 6.45) is 1.89. The van der Waals surface area contributed by atoms with Gasteiger partial charge in [-0.3, -0.25) is 0 Å². The molecule has 0 bridgehead atoms. The predicted molar refractivity (Wildman–Crippen MR) is 137 cm³/mol. The van der Waals surface area contributed by atoms with Crippen molar-refractivity contribution in [2.75, 3.05) is 25.1 Å². The number of nitrogens with zero attached hydrogens (tertiary/aromatic N) is 2. The van der Waals surface area contributed by atoms with E-state index in [0.717, 1.165) is 36.2 Å². The molecular weight excluding hydrogens is 426 g/mol. The second-order valence-electron chi connectivity index (χ2n) is 9.68. The molecule has 1 amide bonds. The number of carbonyl (C=O) groups is 1. The molecule has 0 saturated heterocycles. The van der Waals surface area contributed by atoms with Gasteiger partial charge in [-0.25, -0.2) is 4.79 Å². The van der Waals surface area contributed by atoms with Crippen molar-refractivity contribution >= 4 is 11.8 Å². The Morgan fingerprint density at radius 3 is 2.50 bits per heavy atom. The summed E-state index contributed by atoms with van der Waals surface area (Å²) in [6.45, 7) is 11.6. The van der Waals surface area contributed by atoms with Gasteiger partial charge in [0, 0.05) is 26.2 Å². The molecule has 2 aromatic carbocycles. The number of benzene rings is 2. The standard InChI is InChI=1S/C28H39N3O3/c1-7-24-17-23(16-21(2)30-27(32)34-28(3,4)5)18-25(19-29)26(24)31(6)14-11-15-33-20-22-12-9-8-10-13-22/h8-10,12-13,17-18,21H,7,11,14-16,20H2,1-6H3,(H,30,32). The molecule has 6 nitrogen and oxygen atoms in total. The fourth-order valence-corrected chi connectivity index (χ4v) is 3.88. The van der Waals surface area contributed by atoms with Crippen LogP contribution in [0.25, 0.3) is 0 Å². The van der Waals surface area contributed by atoms with E-state index >= 15 is 0 Å². The minimum Gasteiger partial charge on any atom is -0.444 e. The van der Waals surface area contributed by atoms with Gasteiger partial charge < -0.3 is 19.7 Å². The molecule has 0 heterocycles. The minimum atomic E-state index is -0.536. The highest BCUT2D eigenvalue weighted by molar-refractivity contribution is 5.68. The monoisotopic (exact) mass is 465 g/mol. The molecular formula is C28H39N3O3. The van der Waals surface area contributed by atoms with E-state index in [-0.39, 0.29) is 6.04 Å². The third kappa shape index (κ3) is 9.07. The zero-order chi connectivity index (χ0) is 25.1. The normalized spacial score (nSPS) is 12.0. The summed E-state index contributed by atoms with van der Waals surface area (Å²) in [5.74, 6) is 0. The maximum atomic E-state index is 12.1. The Labute approximate surface area is 204 Å². The summed E-state index contributed by atoms with van der Waals surface area (Å²) in [5, 5.41) is 12.7. The molecule has 1 unspecified atom stereocenters. The zero-order valence-electron chi connectivity index (χ0n) is 21.5. The fourth-order valence-electron chi connectivity index (χ4n) is 3.88. The van der Waals surface area contributed by atoms with Crippen molar-refractivity contribution in [1.29, 1.82) is 5.26 Å².